The lowest BCUT2D eigenvalue weighted by Crippen LogP contribution is -2.36. The minimum absolute atomic E-state index is 0.0952. The molecule has 1 aromatic carbocycles. The van der Waals surface area contributed by atoms with Gasteiger partial charge in [0.05, 0.1) is 59.3 Å². The summed E-state index contributed by atoms with van der Waals surface area (Å²) in [6, 6.07) is 3.11. The molecule has 0 unspecified atom stereocenters. The van der Waals surface area contributed by atoms with Crippen LogP contribution in [0.2, 0.25) is 0 Å². The summed E-state index contributed by atoms with van der Waals surface area (Å²) in [6.07, 6.45) is -4.07. The second-order valence-electron chi connectivity index (χ2n) is 10.1. The summed E-state index contributed by atoms with van der Waals surface area (Å²) in [4.78, 5) is 18.7. The molecule has 14 heteroatoms. The van der Waals surface area contributed by atoms with Crippen LogP contribution in [0.5, 0.6) is 0 Å². The predicted molar refractivity (Wildman–Crippen MR) is 139 cm³/mol. The summed E-state index contributed by atoms with van der Waals surface area (Å²) in [7, 11) is 36.2. The van der Waals surface area contributed by atoms with Crippen molar-refractivity contribution in [2.75, 3.05) is 16.8 Å². The molecule has 0 aliphatic carbocycles. The second kappa shape index (κ2) is 9.31. The average molecular weight is 484 g/mol. The van der Waals surface area contributed by atoms with Crippen molar-refractivity contribution < 1.29 is 18.0 Å². The molecule has 1 amide bonds. The number of hydrogen-bond acceptors (Lipinski definition) is 4. The Labute approximate surface area is 216 Å². The van der Waals surface area contributed by atoms with E-state index in [0.29, 0.717) is 34.1 Å². The van der Waals surface area contributed by atoms with Crippen LogP contribution in [0.25, 0.3) is 0 Å². The van der Waals surface area contributed by atoms with Gasteiger partial charge in [0.25, 0.3) is 0 Å². The fourth-order valence-corrected chi connectivity index (χ4v) is 4.82. The average Bonchev–Trinajstić information content (AvgIpc) is 3.08. The number of halogens is 3. The number of nitrogens with one attached hydrogen (secondary N) is 1. The zero-order chi connectivity index (χ0) is 26.6. The number of carbonyl (C=O) groups is 1. The Morgan fingerprint density at radius 1 is 1.06 bits per heavy atom. The highest BCUT2D eigenvalue weighted by Crippen LogP contribution is 2.40. The van der Waals surface area contributed by atoms with Crippen molar-refractivity contribution in [1.29, 1.82) is 0 Å². The normalized spacial score (nSPS) is 15.1. The highest BCUT2D eigenvalue weighted by Gasteiger charge is 2.37. The van der Waals surface area contributed by atoms with Crippen molar-refractivity contribution >= 4 is 75.7 Å². The second-order valence-corrected chi connectivity index (χ2v) is 11.2. The summed E-state index contributed by atoms with van der Waals surface area (Å²) in [5.41, 5.74) is 0.886. The Bertz CT molecular complexity index is 1080. The van der Waals surface area contributed by atoms with Crippen LogP contribution < -0.4 is 10.2 Å². The third-order valence-electron chi connectivity index (χ3n) is 5.35. The first kappa shape index (κ1) is 27.9. The zero-order valence-electron chi connectivity index (χ0n) is 19.8. The lowest BCUT2D eigenvalue weighted by Gasteiger charge is -2.36. The minimum atomic E-state index is -4.52. The molecule has 0 spiro atoms. The number of anilines is 2. The molecular formula is C21H20B6F3N3OS. The van der Waals surface area contributed by atoms with Gasteiger partial charge >= 0.3 is 6.18 Å². The zero-order valence-corrected chi connectivity index (χ0v) is 20.6. The Kier molecular flexibility index (Phi) is 7.42. The van der Waals surface area contributed by atoms with Gasteiger partial charge in [-0.2, -0.15) is 13.2 Å². The number of carbonyl (C=O) groups excluding carboxylic acids is 1. The van der Waals surface area contributed by atoms with Crippen molar-refractivity contribution in [2.24, 2.45) is 5.41 Å². The Morgan fingerprint density at radius 2 is 1.60 bits per heavy atom. The highest BCUT2D eigenvalue weighted by molar-refractivity contribution is 7.11. The summed E-state index contributed by atoms with van der Waals surface area (Å²) < 4.78 is 39.4. The molecule has 3 rings (SSSR count). The molecule has 1 aliphatic heterocycles. The van der Waals surface area contributed by atoms with Crippen LogP contribution in [0.1, 0.15) is 53.9 Å². The quantitative estimate of drug-likeness (QED) is 0.663. The molecule has 35 heavy (non-hydrogen) atoms. The maximum atomic E-state index is 13.1. The van der Waals surface area contributed by atoms with Crippen LogP contribution in [0.3, 0.4) is 0 Å². The highest BCUT2D eigenvalue weighted by atomic mass is 32.1. The van der Waals surface area contributed by atoms with Crippen molar-refractivity contribution in [1.82, 2.24) is 4.98 Å². The molecule has 0 bridgehead atoms. The van der Waals surface area contributed by atoms with E-state index in [2.05, 4.69) is 10.3 Å². The maximum Gasteiger partial charge on any atom is 0.443 e. The van der Waals surface area contributed by atoms with Gasteiger partial charge in [-0.3, -0.25) is 4.79 Å². The third kappa shape index (κ3) is 6.75. The summed E-state index contributed by atoms with van der Waals surface area (Å²) in [5, 5.41) is -1.99. The Hall–Kier alpha value is -1.70. The van der Waals surface area contributed by atoms with E-state index in [-0.39, 0.29) is 47.5 Å². The van der Waals surface area contributed by atoms with E-state index in [4.69, 9.17) is 47.1 Å². The van der Waals surface area contributed by atoms with Crippen LogP contribution in [-0.4, -0.2) is 64.5 Å². The molecular weight excluding hydrogens is 464 g/mol. The lowest BCUT2D eigenvalue weighted by molar-refractivity contribution is -0.137. The number of amides is 1. The maximum absolute atomic E-state index is 13.1. The predicted octanol–water partition coefficient (Wildman–Crippen LogP) is 2.33. The van der Waals surface area contributed by atoms with Crippen molar-refractivity contribution in [3.63, 3.8) is 0 Å². The molecule has 1 aliphatic rings. The van der Waals surface area contributed by atoms with Crippen LogP contribution in [0.4, 0.5) is 24.5 Å². The van der Waals surface area contributed by atoms with E-state index in [1.807, 2.05) is 20.8 Å². The molecule has 1 N–H and O–H groups in total. The fraction of sp³-hybridized carbons (Fsp3) is 0.524. The first-order valence-electron chi connectivity index (χ1n) is 10.8. The van der Waals surface area contributed by atoms with Crippen LogP contribution in [0.15, 0.2) is 12.1 Å². The SMILES string of the molecule is [B]C([B])([B])c1cc(N2CCc3nc(C(F)(F)F)sc3C2)cc(C([B])([B])[B])c1NC(=O)CC(C)(C)C. The van der Waals surface area contributed by atoms with Crippen molar-refractivity contribution in [3.8, 4) is 0 Å². The topological polar surface area (TPSA) is 45.2 Å². The number of benzene rings is 1. The van der Waals surface area contributed by atoms with Gasteiger partial charge in [-0.1, -0.05) is 20.8 Å². The number of nitrogens with zero attached hydrogens (tertiary/aromatic N) is 2. The largest absolute Gasteiger partial charge is 0.443 e. The third-order valence-corrected chi connectivity index (χ3v) is 6.48. The Balaban J connectivity index is 2.07. The van der Waals surface area contributed by atoms with Gasteiger partial charge in [-0.05, 0) is 28.7 Å². The molecule has 2 aromatic rings. The Morgan fingerprint density at radius 3 is 2.06 bits per heavy atom. The standard InChI is InChI=1S/C21H20B6F3N3OS/c1-18(2,3)8-15(34)32-16-11(19(22,23)24)6-10(7-12(16)20(25,26)27)33-5-4-13-14(9-33)35-17(31-13)21(28,29)30/h6-7H,4-5,8-9H2,1-3H3,(H,32,34). The van der Waals surface area contributed by atoms with E-state index < -0.39 is 21.4 Å². The van der Waals surface area contributed by atoms with Crippen LogP contribution in [0, 0.1) is 5.41 Å². The van der Waals surface area contributed by atoms with E-state index >= 15 is 0 Å². The fourth-order valence-electron chi connectivity index (χ4n) is 3.83. The molecule has 170 valence electrons. The number of hydrogen-bond donors (Lipinski definition) is 1. The molecule has 12 radical (unpaired) electrons. The van der Waals surface area contributed by atoms with Gasteiger partial charge in [-0.15, -0.1) is 21.6 Å². The number of thiazole rings is 1. The van der Waals surface area contributed by atoms with E-state index in [1.54, 1.807) is 17.0 Å². The van der Waals surface area contributed by atoms with E-state index in [9.17, 15) is 18.0 Å². The van der Waals surface area contributed by atoms with Crippen LogP contribution >= 0.6 is 11.3 Å². The smallest absolute Gasteiger partial charge is 0.366 e. The first-order chi connectivity index (χ1) is 15.8. The number of alkyl halides is 3. The lowest BCUT2D eigenvalue weighted by atomic mass is 9.37. The van der Waals surface area contributed by atoms with Gasteiger partial charge in [0.2, 0.25) is 5.91 Å². The molecule has 0 saturated heterocycles. The van der Waals surface area contributed by atoms with Crippen LogP contribution in [-0.2, 0) is 34.2 Å². The number of rotatable bonds is 5. The first-order valence-corrected chi connectivity index (χ1v) is 11.6. The summed E-state index contributed by atoms with van der Waals surface area (Å²) in [5.74, 6) is -0.354. The summed E-state index contributed by atoms with van der Waals surface area (Å²) >= 11 is 0.594. The van der Waals surface area contributed by atoms with Gasteiger partial charge in [0.1, 0.15) is 0 Å². The van der Waals surface area contributed by atoms with Gasteiger partial charge in [-0.25, -0.2) is 4.98 Å². The van der Waals surface area contributed by atoms with Gasteiger partial charge in [0, 0.05) is 35.6 Å². The molecule has 4 nitrogen and oxygen atoms in total. The molecule has 0 fully saturated rings. The van der Waals surface area contributed by atoms with E-state index in [0.717, 1.165) is 0 Å². The molecule has 2 heterocycles. The van der Waals surface area contributed by atoms with Crippen molar-refractivity contribution in [2.45, 2.75) is 56.6 Å². The van der Waals surface area contributed by atoms with Gasteiger partial charge in [0.15, 0.2) is 5.01 Å². The number of aromatic nitrogens is 1. The van der Waals surface area contributed by atoms with E-state index in [1.165, 1.54) is 0 Å². The monoisotopic (exact) mass is 485 g/mol. The molecule has 1 aromatic heterocycles. The van der Waals surface area contributed by atoms with Gasteiger partial charge < -0.3 is 10.2 Å². The summed E-state index contributed by atoms with van der Waals surface area (Å²) in [6.45, 7) is 6.18. The minimum Gasteiger partial charge on any atom is -0.366 e. The molecule has 0 atom stereocenters. The van der Waals surface area contributed by atoms with Crippen molar-refractivity contribution in [3.05, 3.63) is 38.8 Å². The number of fused-ring (bicyclic) bond motifs is 1. The molecule has 0 saturated carbocycles.